The summed E-state index contributed by atoms with van der Waals surface area (Å²) >= 11 is 0. The van der Waals surface area contributed by atoms with Gasteiger partial charge in [-0.05, 0) is 37.1 Å². The number of nitrogens with one attached hydrogen (secondary N) is 2. The zero-order valence-electron chi connectivity index (χ0n) is 15.4. The molecule has 0 radical (unpaired) electrons. The van der Waals surface area contributed by atoms with Gasteiger partial charge in [0.1, 0.15) is 0 Å². The maximum Gasteiger partial charge on any atom is 0.255 e. The molecule has 1 heterocycles. The van der Waals surface area contributed by atoms with E-state index in [0.717, 1.165) is 24.2 Å². The Morgan fingerprint density at radius 2 is 1.81 bits per heavy atom. The van der Waals surface area contributed by atoms with E-state index in [1.54, 1.807) is 4.90 Å². The lowest BCUT2D eigenvalue weighted by atomic mass is 9.96. The van der Waals surface area contributed by atoms with E-state index in [1.165, 1.54) is 0 Å². The second-order valence-corrected chi connectivity index (χ2v) is 6.71. The molecule has 2 amide bonds. The van der Waals surface area contributed by atoms with Gasteiger partial charge >= 0.3 is 0 Å². The standard InChI is InChI=1S/C21H26N4O2/c22-12-13-23-20(26)16-7-6-14-25(15-16)21(27)18-10-4-5-11-19(18)24-17-8-2-1-3-9-17/h1-5,8-11,16,24H,6-7,12-15,22H2,(H,23,26). The molecule has 1 saturated heterocycles. The van der Waals surface area contributed by atoms with Crippen LogP contribution in [0.2, 0.25) is 0 Å². The summed E-state index contributed by atoms with van der Waals surface area (Å²) < 4.78 is 0. The van der Waals surface area contributed by atoms with Crippen molar-refractivity contribution >= 4 is 23.2 Å². The van der Waals surface area contributed by atoms with E-state index in [2.05, 4.69) is 10.6 Å². The molecule has 142 valence electrons. The molecule has 6 heteroatoms. The van der Waals surface area contributed by atoms with Crippen LogP contribution < -0.4 is 16.4 Å². The summed E-state index contributed by atoms with van der Waals surface area (Å²) in [5.74, 6) is -0.248. The van der Waals surface area contributed by atoms with Crippen molar-refractivity contribution in [2.75, 3.05) is 31.5 Å². The van der Waals surface area contributed by atoms with Gasteiger partial charge in [0, 0.05) is 31.9 Å². The second-order valence-electron chi connectivity index (χ2n) is 6.71. The Balaban J connectivity index is 1.73. The van der Waals surface area contributed by atoms with Gasteiger partial charge in [-0.2, -0.15) is 0 Å². The Morgan fingerprint density at radius 1 is 1.07 bits per heavy atom. The molecule has 1 aliphatic rings. The Hall–Kier alpha value is -2.86. The van der Waals surface area contributed by atoms with E-state index in [9.17, 15) is 9.59 Å². The third kappa shape index (κ3) is 4.86. The fourth-order valence-electron chi connectivity index (χ4n) is 3.34. The summed E-state index contributed by atoms with van der Waals surface area (Å²) in [7, 11) is 0. The minimum atomic E-state index is -0.177. The second kappa shape index (κ2) is 9.19. The van der Waals surface area contributed by atoms with E-state index in [-0.39, 0.29) is 17.7 Å². The van der Waals surface area contributed by atoms with E-state index in [0.29, 0.717) is 31.7 Å². The van der Waals surface area contributed by atoms with Crippen LogP contribution in [-0.4, -0.2) is 42.9 Å². The van der Waals surface area contributed by atoms with Crippen molar-refractivity contribution in [1.29, 1.82) is 0 Å². The topological polar surface area (TPSA) is 87.5 Å². The first-order valence-electron chi connectivity index (χ1n) is 9.37. The van der Waals surface area contributed by atoms with Crippen LogP contribution in [0.3, 0.4) is 0 Å². The number of nitrogens with two attached hydrogens (primary N) is 1. The van der Waals surface area contributed by atoms with Crippen LogP contribution in [0.5, 0.6) is 0 Å². The largest absolute Gasteiger partial charge is 0.355 e. The summed E-state index contributed by atoms with van der Waals surface area (Å²) in [6.07, 6.45) is 1.62. The maximum absolute atomic E-state index is 13.1. The van der Waals surface area contributed by atoms with Crippen molar-refractivity contribution in [1.82, 2.24) is 10.2 Å². The van der Waals surface area contributed by atoms with Gasteiger partial charge in [-0.1, -0.05) is 30.3 Å². The Kier molecular flexibility index (Phi) is 6.44. The molecule has 0 saturated carbocycles. The van der Waals surface area contributed by atoms with Crippen LogP contribution >= 0.6 is 0 Å². The Labute approximate surface area is 159 Å². The molecule has 1 aliphatic heterocycles. The molecule has 3 rings (SSSR count). The lowest BCUT2D eigenvalue weighted by Crippen LogP contribution is -2.46. The number of hydrogen-bond donors (Lipinski definition) is 3. The van der Waals surface area contributed by atoms with Crippen LogP contribution in [0.25, 0.3) is 0 Å². The number of carbonyl (C=O) groups excluding carboxylic acids is 2. The summed E-state index contributed by atoms with van der Waals surface area (Å²) in [5.41, 5.74) is 7.76. The van der Waals surface area contributed by atoms with E-state index in [1.807, 2.05) is 54.6 Å². The van der Waals surface area contributed by atoms with E-state index in [4.69, 9.17) is 5.73 Å². The average molecular weight is 366 g/mol. The number of piperidine rings is 1. The molecular weight excluding hydrogens is 340 g/mol. The highest BCUT2D eigenvalue weighted by atomic mass is 16.2. The number of anilines is 2. The third-order valence-electron chi connectivity index (χ3n) is 4.73. The smallest absolute Gasteiger partial charge is 0.255 e. The molecule has 2 aromatic carbocycles. The summed E-state index contributed by atoms with van der Waals surface area (Å²) in [4.78, 5) is 27.2. The Morgan fingerprint density at radius 3 is 2.59 bits per heavy atom. The number of nitrogens with zero attached hydrogens (tertiary/aromatic N) is 1. The van der Waals surface area contributed by atoms with E-state index < -0.39 is 0 Å². The molecule has 6 nitrogen and oxygen atoms in total. The molecule has 0 spiro atoms. The summed E-state index contributed by atoms with van der Waals surface area (Å²) in [6, 6.07) is 17.2. The number of likely N-dealkylation sites (tertiary alicyclic amines) is 1. The van der Waals surface area contributed by atoms with Crippen molar-refractivity contribution < 1.29 is 9.59 Å². The quantitative estimate of drug-likeness (QED) is 0.732. The first kappa shape index (κ1) is 18.9. The number of amides is 2. The SMILES string of the molecule is NCCNC(=O)C1CCCN(C(=O)c2ccccc2Nc2ccccc2)C1. The van der Waals surface area contributed by atoms with Gasteiger partial charge in [0.15, 0.2) is 0 Å². The zero-order chi connectivity index (χ0) is 19.1. The van der Waals surface area contributed by atoms with Gasteiger partial charge < -0.3 is 21.3 Å². The number of benzene rings is 2. The zero-order valence-corrected chi connectivity index (χ0v) is 15.4. The molecule has 1 atom stereocenters. The fraction of sp³-hybridized carbons (Fsp3) is 0.333. The highest BCUT2D eigenvalue weighted by Gasteiger charge is 2.29. The van der Waals surface area contributed by atoms with Crippen molar-refractivity contribution in [2.45, 2.75) is 12.8 Å². The molecule has 2 aromatic rings. The molecular formula is C21H26N4O2. The number of carbonyl (C=O) groups is 2. The number of rotatable bonds is 6. The molecule has 27 heavy (non-hydrogen) atoms. The monoisotopic (exact) mass is 366 g/mol. The molecule has 1 unspecified atom stereocenters. The van der Waals surface area contributed by atoms with Gasteiger partial charge in [0.2, 0.25) is 5.91 Å². The van der Waals surface area contributed by atoms with Crippen LogP contribution in [0, 0.1) is 5.92 Å². The first-order chi connectivity index (χ1) is 13.2. The first-order valence-corrected chi connectivity index (χ1v) is 9.37. The molecule has 4 N–H and O–H groups in total. The summed E-state index contributed by atoms with van der Waals surface area (Å²) in [6.45, 7) is 1.99. The Bertz CT molecular complexity index is 779. The lowest BCUT2D eigenvalue weighted by Gasteiger charge is -2.32. The van der Waals surface area contributed by atoms with Crippen LogP contribution in [0.15, 0.2) is 54.6 Å². The van der Waals surface area contributed by atoms with Crippen molar-refractivity contribution in [3.05, 3.63) is 60.2 Å². The molecule has 0 aromatic heterocycles. The molecule has 0 bridgehead atoms. The average Bonchev–Trinajstić information content (AvgIpc) is 2.73. The van der Waals surface area contributed by atoms with Crippen molar-refractivity contribution in [2.24, 2.45) is 11.7 Å². The van der Waals surface area contributed by atoms with Gasteiger partial charge in [-0.3, -0.25) is 9.59 Å². The van der Waals surface area contributed by atoms with Crippen molar-refractivity contribution in [3.8, 4) is 0 Å². The van der Waals surface area contributed by atoms with Gasteiger partial charge in [0.05, 0.1) is 17.2 Å². The van der Waals surface area contributed by atoms with Gasteiger partial charge in [-0.25, -0.2) is 0 Å². The van der Waals surface area contributed by atoms with E-state index >= 15 is 0 Å². The minimum absolute atomic E-state index is 0.0198. The highest BCUT2D eigenvalue weighted by Crippen LogP contribution is 2.25. The predicted octanol–water partition coefficient (Wildman–Crippen LogP) is 2.36. The van der Waals surface area contributed by atoms with Gasteiger partial charge in [0.25, 0.3) is 5.91 Å². The number of hydrogen-bond acceptors (Lipinski definition) is 4. The van der Waals surface area contributed by atoms with Crippen LogP contribution in [0.1, 0.15) is 23.2 Å². The molecule has 1 fully saturated rings. The molecule has 0 aliphatic carbocycles. The third-order valence-corrected chi connectivity index (χ3v) is 4.73. The summed E-state index contributed by atoms with van der Waals surface area (Å²) in [5, 5.41) is 6.14. The van der Waals surface area contributed by atoms with Crippen LogP contribution in [0.4, 0.5) is 11.4 Å². The van der Waals surface area contributed by atoms with Gasteiger partial charge in [-0.15, -0.1) is 0 Å². The van der Waals surface area contributed by atoms with Crippen LogP contribution in [-0.2, 0) is 4.79 Å². The highest BCUT2D eigenvalue weighted by molar-refractivity contribution is 6.00. The van der Waals surface area contributed by atoms with Crippen molar-refractivity contribution in [3.63, 3.8) is 0 Å². The lowest BCUT2D eigenvalue weighted by molar-refractivity contribution is -0.126. The maximum atomic E-state index is 13.1. The predicted molar refractivity (Wildman–Crippen MR) is 107 cm³/mol. The number of para-hydroxylation sites is 2. The fourth-order valence-corrected chi connectivity index (χ4v) is 3.34. The normalized spacial score (nSPS) is 16.6. The minimum Gasteiger partial charge on any atom is -0.355 e.